The standard InChI is InChI=1S/C18H23N5OS2/c1-23(15-10-6-3-7-11-15)18(20-14-8-4-2-5-9-14)25-12-16(24)21-17-22-19-13-26-17/h2,4-5,8-9,13,15H,3,6-7,10-12H2,1H3,(H,21,22,24). The Bertz CT molecular complexity index is 714. The minimum Gasteiger partial charge on any atom is -0.351 e. The fourth-order valence-corrected chi connectivity index (χ4v) is 4.28. The van der Waals surface area contributed by atoms with E-state index < -0.39 is 0 Å². The number of thioether (sulfide) groups is 1. The lowest BCUT2D eigenvalue weighted by Crippen LogP contribution is -2.37. The first-order chi connectivity index (χ1) is 12.7. The van der Waals surface area contributed by atoms with E-state index in [1.165, 1.54) is 55.2 Å². The van der Waals surface area contributed by atoms with E-state index in [4.69, 9.17) is 4.99 Å². The van der Waals surface area contributed by atoms with E-state index in [1.807, 2.05) is 30.3 Å². The Morgan fingerprint density at radius 2 is 2.08 bits per heavy atom. The van der Waals surface area contributed by atoms with Gasteiger partial charge in [0.2, 0.25) is 11.0 Å². The number of hydrogen-bond acceptors (Lipinski definition) is 6. The average molecular weight is 390 g/mol. The molecule has 26 heavy (non-hydrogen) atoms. The molecule has 1 amide bonds. The zero-order valence-corrected chi connectivity index (χ0v) is 16.4. The van der Waals surface area contributed by atoms with E-state index in [1.54, 1.807) is 5.51 Å². The van der Waals surface area contributed by atoms with Gasteiger partial charge in [-0.1, -0.05) is 60.6 Å². The summed E-state index contributed by atoms with van der Waals surface area (Å²) in [7, 11) is 2.09. The Hall–Kier alpha value is -1.93. The van der Waals surface area contributed by atoms with E-state index >= 15 is 0 Å². The van der Waals surface area contributed by atoms with Gasteiger partial charge in [0.05, 0.1) is 11.4 Å². The van der Waals surface area contributed by atoms with Gasteiger partial charge in [0.25, 0.3) is 0 Å². The van der Waals surface area contributed by atoms with Gasteiger partial charge >= 0.3 is 0 Å². The molecule has 1 fully saturated rings. The third-order valence-corrected chi connectivity index (χ3v) is 5.99. The second-order valence-electron chi connectivity index (χ2n) is 6.21. The number of carbonyl (C=O) groups excluding carboxylic acids is 1. The molecule has 1 aliphatic carbocycles. The maximum absolute atomic E-state index is 12.2. The highest BCUT2D eigenvalue weighted by Crippen LogP contribution is 2.26. The van der Waals surface area contributed by atoms with Crippen molar-refractivity contribution in [1.82, 2.24) is 15.1 Å². The number of nitrogens with zero attached hydrogens (tertiary/aromatic N) is 4. The molecule has 0 atom stereocenters. The van der Waals surface area contributed by atoms with Gasteiger partial charge in [-0.05, 0) is 25.0 Å². The zero-order valence-electron chi connectivity index (χ0n) is 14.8. The molecule has 0 bridgehead atoms. The first kappa shape index (κ1) is 18.8. The topological polar surface area (TPSA) is 70.5 Å². The fourth-order valence-electron chi connectivity index (χ4n) is 2.96. The van der Waals surface area contributed by atoms with Crippen molar-refractivity contribution >= 4 is 45.0 Å². The number of rotatable bonds is 5. The number of amides is 1. The van der Waals surface area contributed by atoms with Gasteiger partial charge < -0.3 is 4.90 Å². The third kappa shape index (κ3) is 5.54. The number of benzene rings is 1. The van der Waals surface area contributed by atoms with Crippen LogP contribution < -0.4 is 5.32 Å². The first-order valence-corrected chi connectivity index (χ1v) is 10.6. The van der Waals surface area contributed by atoms with Crippen LogP contribution >= 0.6 is 23.1 Å². The van der Waals surface area contributed by atoms with Crippen LogP contribution in [-0.2, 0) is 4.79 Å². The molecule has 6 nitrogen and oxygen atoms in total. The van der Waals surface area contributed by atoms with Crippen LogP contribution in [0.15, 0.2) is 40.8 Å². The monoisotopic (exact) mass is 389 g/mol. The molecule has 0 radical (unpaired) electrons. The van der Waals surface area contributed by atoms with Crippen LogP contribution in [-0.4, -0.2) is 45.0 Å². The van der Waals surface area contributed by atoms with Crippen LogP contribution in [0.3, 0.4) is 0 Å². The van der Waals surface area contributed by atoms with Gasteiger partial charge in [0.15, 0.2) is 5.17 Å². The summed E-state index contributed by atoms with van der Waals surface area (Å²) in [5.74, 6) is 0.201. The molecule has 8 heteroatoms. The predicted octanol–water partition coefficient (Wildman–Crippen LogP) is 4.16. The second-order valence-corrected chi connectivity index (χ2v) is 7.99. The molecular weight excluding hydrogens is 366 g/mol. The van der Waals surface area contributed by atoms with Gasteiger partial charge in [0.1, 0.15) is 5.51 Å². The number of carbonyl (C=O) groups is 1. The fraction of sp³-hybridized carbons (Fsp3) is 0.444. The van der Waals surface area contributed by atoms with Crippen LogP contribution in [0.1, 0.15) is 32.1 Å². The normalized spacial score (nSPS) is 15.7. The summed E-state index contributed by atoms with van der Waals surface area (Å²) in [6.45, 7) is 0. The highest BCUT2D eigenvalue weighted by atomic mass is 32.2. The molecular formula is C18H23N5OS2. The van der Waals surface area contributed by atoms with Crippen LogP contribution in [0.2, 0.25) is 0 Å². The molecule has 0 saturated heterocycles. The summed E-state index contributed by atoms with van der Waals surface area (Å²) in [6, 6.07) is 10.4. The molecule has 2 aromatic rings. The van der Waals surface area contributed by atoms with Gasteiger partial charge in [0, 0.05) is 13.1 Å². The molecule has 1 heterocycles. The Balaban J connectivity index is 1.67. The number of aromatic nitrogens is 2. The number of hydrogen-bond donors (Lipinski definition) is 1. The molecule has 1 aliphatic rings. The highest BCUT2D eigenvalue weighted by Gasteiger charge is 2.22. The Kier molecular flexibility index (Phi) is 7.02. The zero-order chi connectivity index (χ0) is 18.2. The number of aliphatic imine (C=N–C) groups is 1. The van der Waals surface area contributed by atoms with Crippen molar-refractivity contribution in [3.8, 4) is 0 Å². The van der Waals surface area contributed by atoms with E-state index in [9.17, 15) is 4.79 Å². The molecule has 0 unspecified atom stereocenters. The van der Waals surface area contributed by atoms with Crippen molar-refractivity contribution < 1.29 is 4.79 Å². The smallest absolute Gasteiger partial charge is 0.236 e. The van der Waals surface area contributed by atoms with Crippen molar-refractivity contribution in [1.29, 1.82) is 0 Å². The molecule has 3 rings (SSSR count). The van der Waals surface area contributed by atoms with Crippen molar-refractivity contribution in [3.05, 3.63) is 35.8 Å². The molecule has 1 aromatic heterocycles. The van der Waals surface area contributed by atoms with E-state index in [-0.39, 0.29) is 5.91 Å². The number of nitrogens with one attached hydrogen (secondary N) is 1. The largest absolute Gasteiger partial charge is 0.351 e. The summed E-state index contributed by atoms with van der Waals surface area (Å²) in [5.41, 5.74) is 2.50. The SMILES string of the molecule is CN(C(=Nc1ccccc1)SCC(=O)Nc1nncs1)C1CCCCC1. The lowest BCUT2D eigenvalue weighted by Gasteiger charge is -2.33. The summed E-state index contributed by atoms with van der Waals surface area (Å²) in [4.78, 5) is 19.2. The number of anilines is 1. The van der Waals surface area contributed by atoms with Crippen molar-refractivity contribution in [2.45, 2.75) is 38.1 Å². The Labute approximate surface area is 162 Å². The summed E-state index contributed by atoms with van der Waals surface area (Å²) in [6.07, 6.45) is 6.20. The van der Waals surface area contributed by atoms with Crippen LogP contribution in [0.4, 0.5) is 10.8 Å². The first-order valence-electron chi connectivity index (χ1n) is 8.78. The number of amidine groups is 1. The lowest BCUT2D eigenvalue weighted by molar-refractivity contribution is -0.113. The van der Waals surface area contributed by atoms with Crippen molar-refractivity contribution in [2.75, 3.05) is 18.1 Å². The Morgan fingerprint density at radius 3 is 2.77 bits per heavy atom. The van der Waals surface area contributed by atoms with E-state index in [0.717, 1.165) is 10.9 Å². The van der Waals surface area contributed by atoms with E-state index in [2.05, 4.69) is 27.5 Å². The van der Waals surface area contributed by atoms with Crippen molar-refractivity contribution in [2.24, 2.45) is 4.99 Å². The Morgan fingerprint density at radius 1 is 1.31 bits per heavy atom. The maximum atomic E-state index is 12.2. The quantitative estimate of drug-likeness (QED) is 0.614. The molecule has 1 saturated carbocycles. The van der Waals surface area contributed by atoms with Gasteiger partial charge in [-0.2, -0.15) is 0 Å². The predicted molar refractivity (Wildman–Crippen MR) is 109 cm³/mol. The molecule has 0 aliphatic heterocycles. The summed E-state index contributed by atoms with van der Waals surface area (Å²) >= 11 is 2.78. The van der Waals surface area contributed by atoms with Crippen LogP contribution in [0.25, 0.3) is 0 Å². The van der Waals surface area contributed by atoms with E-state index in [0.29, 0.717) is 16.9 Å². The average Bonchev–Trinajstić information content (AvgIpc) is 3.19. The third-order valence-electron chi connectivity index (χ3n) is 4.34. The van der Waals surface area contributed by atoms with Gasteiger partial charge in [-0.15, -0.1) is 10.2 Å². The molecule has 1 aromatic carbocycles. The lowest BCUT2D eigenvalue weighted by atomic mass is 9.95. The highest BCUT2D eigenvalue weighted by molar-refractivity contribution is 8.14. The van der Waals surface area contributed by atoms with Crippen LogP contribution in [0.5, 0.6) is 0 Å². The molecule has 0 spiro atoms. The van der Waals surface area contributed by atoms with Crippen LogP contribution in [0, 0.1) is 0 Å². The summed E-state index contributed by atoms with van der Waals surface area (Å²) in [5, 5.41) is 11.8. The number of para-hydroxylation sites is 1. The molecule has 138 valence electrons. The van der Waals surface area contributed by atoms with Gasteiger partial charge in [-0.25, -0.2) is 4.99 Å². The second kappa shape index (κ2) is 9.68. The molecule has 1 N–H and O–H groups in total. The minimum atomic E-state index is -0.0930. The van der Waals surface area contributed by atoms with Gasteiger partial charge in [-0.3, -0.25) is 10.1 Å². The van der Waals surface area contributed by atoms with Crippen molar-refractivity contribution in [3.63, 3.8) is 0 Å². The summed E-state index contributed by atoms with van der Waals surface area (Å²) < 4.78 is 0. The maximum Gasteiger partial charge on any atom is 0.236 e. The minimum absolute atomic E-state index is 0.0930.